The smallest absolute Gasteiger partial charge is 0.228 e. The lowest BCUT2D eigenvalue weighted by molar-refractivity contribution is -0.125. The minimum absolute atomic E-state index is 0.0657. The normalized spacial score (nSPS) is 39.3. The SMILES string of the molecule is CNC1CCC2=CC3=CCC4(C)C(C(=O)Nc5cccnc5)CCC4[C@@]3(O)CCC2C1. The molecular formula is C26H35N3O2. The summed E-state index contributed by atoms with van der Waals surface area (Å²) in [5.74, 6) is 0.670. The van der Waals surface area contributed by atoms with E-state index in [1.54, 1.807) is 12.4 Å². The number of hydrogen-bond donors (Lipinski definition) is 3. The molecule has 5 nitrogen and oxygen atoms in total. The molecule has 5 rings (SSSR count). The summed E-state index contributed by atoms with van der Waals surface area (Å²) >= 11 is 0. The molecule has 3 N–H and O–H groups in total. The maximum Gasteiger partial charge on any atom is 0.228 e. The number of aromatic nitrogens is 1. The van der Waals surface area contributed by atoms with Crippen molar-refractivity contribution in [1.82, 2.24) is 10.3 Å². The van der Waals surface area contributed by atoms with Crippen LogP contribution in [-0.2, 0) is 4.79 Å². The minimum atomic E-state index is -0.810. The molecule has 0 aromatic carbocycles. The van der Waals surface area contributed by atoms with Crippen molar-refractivity contribution in [3.63, 3.8) is 0 Å². The zero-order chi connectivity index (χ0) is 21.6. The van der Waals surface area contributed by atoms with E-state index in [1.165, 1.54) is 18.4 Å². The monoisotopic (exact) mass is 421 g/mol. The minimum Gasteiger partial charge on any atom is -0.385 e. The summed E-state index contributed by atoms with van der Waals surface area (Å²) in [7, 11) is 2.06. The molecule has 0 radical (unpaired) electrons. The molecule has 166 valence electrons. The number of pyridine rings is 1. The number of hydrogen-bond acceptors (Lipinski definition) is 4. The average molecular weight is 422 g/mol. The number of carbonyl (C=O) groups excluding carboxylic acids is 1. The molecule has 0 aliphatic heterocycles. The number of anilines is 1. The number of rotatable bonds is 3. The van der Waals surface area contributed by atoms with Gasteiger partial charge < -0.3 is 15.7 Å². The molecule has 4 aliphatic rings. The third-order valence-corrected chi connectivity index (χ3v) is 8.92. The molecule has 0 spiro atoms. The fourth-order valence-electron chi connectivity index (χ4n) is 7.12. The fourth-order valence-corrected chi connectivity index (χ4v) is 7.12. The number of allylic oxidation sites excluding steroid dienone is 2. The van der Waals surface area contributed by atoms with Crippen LogP contribution in [0, 0.1) is 23.2 Å². The van der Waals surface area contributed by atoms with Crippen LogP contribution in [0.25, 0.3) is 0 Å². The number of nitrogens with zero attached hydrogens (tertiary/aromatic N) is 1. The summed E-state index contributed by atoms with van der Waals surface area (Å²) in [5.41, 5.74) is 2.37. The van der Waals surface area contributed by atoms with Gasteiger partial charge >= 0.3 is 0 Å². The van der Waals surface area contributed by atoms with Crippen LogP contribution >= 0.6 is 0 Å². The molecule has 4 aliphatic carbocycles. The fraction of sp³-hybridized carbons (Fsp3) is 0.615. The largest absolute Gasteiger partial charge is 0.385 e. The van der Waals surface area contributed by atoms with E-state index in [9.17, 15) is 9.90 Å². The maximum atomic E-state index is 13.2. The van der Waals surface area contributed by atoms with E-state index in [1.807, 2.05) is 12.1 Å². The van der Waals surface area contributed by atoms with Crippen LogP contribution in [-0.4, -0.2) is 34.7 Å². The summed E-state index contributed by atoms with van der Waals surface area (Å²) in [6.07, 6.45) is 15.9. The topological polar surface area (TPSA) is 74.2 Å². The third-order valence-electron chi connectivity index (χ3n) is 8.92. The van der Waals surface area contributed by atoms with Gasteiger partial charge in [-0.25, -0.2) is 0 Å². The number of amides is 1. The first-order valence-electron chi connectivity index (χ1n) is 12.0. The predicted molar refractivity (Wildman–Crippen MR) is 122 cm³/mol. The summed E-state index contributed by atoms with van der Waals surface area (Å²) in [6.45, 7) is 2.23. The first-order valence-corrected chi connectivity index (χ1v) is 12.0. The second kappa shape index (κ2) is 7.86. The molecule has 0 bridgehead atoms. The van der Waals surface area contributed by atoms with Gasteiger partial charge in [0.1, 0.15) is 0 Å². The van der Waals surface area contributed by atoms with Crippen LogP contribution in [0.3, 0.4) is 0 Å². The van der Waals surface area contributed by atoms with Crippen molar-refractivity contribution in [1.29, 1.82) is 0 Å². The standard InChI is InChI=1S/C26H35N3O2/c1-25-11-10-19-14-17-5-6-20(27-2)15-18(17)9-12-26(19,31)23(25)8-7-22(25)24(30)29-21-4-3-13-28-16-21/h3-4,10,13-14,16,18,20,22-23,27,31H,5-9,11-12,15H2,1-2H3,(H,29,30)/t18?,20?,22?,23?,25?,26-/m1/s1. The van der Waals surface area contributed by atoms with Gasteiger partial charge in [-0.2, -0.15) is 0 Å². The Bertz CT molecular complexity index is 910. The first kappa shape index (κ1) is 20.9. The van der Waals surface area contributed by atoms with Crippen molar-refractivity contribution in [2.24, 2.45) is 23.2 Å². The highest BCUT2D eigenvalue weighted by atomic mass is 16.3. The lowest BCUT2D eigenvalue weighted by Crippen LogP contribution is -2.50. The highest BCUT2D eigenvalue weighted by Crippen LogP contribution is 2.61. The van der Waals surface area contributed by atoms with E-state index >= 15 is 0 Å². The molecular weight excluding hydrogens is 386 g/mol. The van der Waals surface area contributed by atoms with Crippen molar-refractivity contribution < 1.29 is 9.90 Å². The first-order chi connectivity index (χ1) is 14.9. The van der Waals surface area contributed by atoms with Crippen molar-refractivity contribution in [3.8, 4) is 0 Å². The molecule has 2 saturated carbocycles. The summed E-state index contributed by atoms with van der Waals surface area (Å²) in [4.78, 5) is 17.3. The molecule has 6 atom stereocenters. The Hall–Kier alpha value is -1.98. The summed E-state index contributed by atoms with van der Waals surface area (Å²) in [5, 5.41) is 18.6. The van der Waals surface area contributed by atoms with Gasteiger partial charge in [0.15, 0.2) is 0 Å². The van der Waals surface area contributed by atoms with Crippen LogP contribution in [0.2, 0.25) is 0 Å². The van der Waals surface area contributed by atoms with Gasteiger partial charge in [-0.15, -0.1) is 0 Å². The van der Waals surface area contributed by atoms with Gasteiger partial charge in [0, 0.05) is 18.2 Å². The van der Waals surface area contributed by atoms with E-state index in [-0.39, 0.29) is 23.2 Å². The molecule has 2 fully saturated rings. The highest BCUT2D eigenvalue weighted by molar-refractivity contribution is 5.93. The molecule has 1 amide bonds. The van der Waals surface area contributed by atoms with Crippen molar-refractivity contribution in [3.05, 3.63) is 47.8 Å². The van der Waals surface area contributed by atoms with Crippen molar-refractivity contribution in [2.45, 2.75) is 69.9 Å². The van der Waals surface area contributed by atoms with E-state index in [2.05, 4.69) is 41.7 Å². The molecule has 5 heteroatoms. The van der Waals surface area contributed by atoms with Gasteiger partial charge in [0.05, 0.1) is 17.5 Å². The molecule has 31 heavy (non-hydrogen) atoms. The third kappa shape index (κ3) is 3.46. The van der Waals surface area contributed by atoms with Gasteiger partial charge in [-0.05, 0) is 93.4 Å². The van der Waals surface area contributed by atoms with Crippen LogP contribution in [0.4, 0.5) is 5.69 Å². The van der Waals surface area contributed by atoms with Gasteiger partial charge in [0.25, 0.3) is 0 Å². The van der Waals surface area contributed by atoms with E-state index < -0.39 is 5.60 Å². The Morgan fingerprint density at radius 2 is 2.13 bits per heavy atom. The number of fused-ring (bicyclic) bond motifs is 4. The van der Waals surface area contributed by atoms with Crippen molar-refractivity contribution >= 4 is 11.6 Å². The number of carbonyl (C=O) groups is 1. The van der Waals surface area contributed by atoms with E-state index in [0.29, 0.717) is 12.0 Å². The number of nitrogens with one attached hydrogen (secondary N) is 2. The zero-order valence-electron chi connectivity index (χ0n) is 18.7. The predicted octanol–water partition coefficient (Wildman–Crippen LogP) is 4.22. The van der Waals surface area contributed by atoms with Crippen LogP contribution in [0.5, 0.6) is 0 Å². The second-order valence-corrected chi connectivity index (χ2v) is 10.4. The van der Waals surface area contributed by atoms with Crippen molar-refractivity contribution in [2.75, 3.05) is 12.4 Å². The average Bonchev–Trinajstić information content (AvgIpc) is 3.06. The van der Waals surface area contributed by atoms with Gasteiger partial charge in [-0.1, -0.05) is 24.6 Å². The van der Waals surface area contributed by atoms with Crippen LogP contribution in [0.1, 0.15) is 58.3 Å². The zero-order valence-corrected chi connectivity index (χ0v) is 18.7. The van der Waals surface area contributed by atoms with Gasteiger partial charge in [-0.3, -0.25) is 9.78 Å². The Kier molecular flexibility index (Phi) is 5.30. The van der Waals surface area contributed by atoms with E-state index in [4.69, 9.17) is 0 Å². The van der Waals surface area contributed by atoms with E-state index in [0.717, 1.165) is 49.8 Å². The molecule has 1 aromatic heterocycles. The maximum absolute atomic E-state index is 13.2. The van der Waals surface area contributed by atoms with Crippen LogP contribution in [0.15, 0.2) is 47.8 Å². The van der Waals surface area contributed by atoms with Crippen LogP contribution < -0.4 is 10.6 Å². The Morgan fingerprint density at radius 3 is 2.90 bits per heavy atom. The quantitative estimate of drug-likeness (QED) is 0.683. The molecule has 1 heterocycles. The lowest BCUT2D eigenvalue weighted by Gasteiger charge is -2.48. The molecule has 1 aromatic rings. The Morgan fingerprint density at radius 1 is 1.26 bits per heavy atom. The molecule has 5 unspecified atom stereocenters. The summed E-state index contributed by atoms with van der Waals surface area (Å²) < 4.78 is 0. The second-order valence-electron chi connectivity index (χ2n) is 10.4. The summed E-state index contributed by atoms with van der Waals surface area (Å²) in [6, 6.07) is 4.30. The Labute approximate surface area is 185 Å². The molecule has 0 saturated heterocycles. The highest BCUT2D eigenvalue weighted by Gasteiger charge is 2.59. The lowest BCUT2D eigenvalue weighted by atomic mass is 9.58. The number of aliphatic hydroxyl groups is 1. The Balaban J connectivity index is 1.40. The van der Waals surface area contributed by atoms with Gasteiger partial charge in [0.2, 0.25) is 5.91 Å².